The van der Waals surface area contributed by atoms with Gasteiger partial charge in [0.05, 0.1) is 13.7 Å². The molecule has 0 bridgehead atoms. The van der Waals surface area contributed by atoms with Crippen molar-refractivity contribution in [2.24, 2.45) is 0 Å². The number of methoxy groups -OCH3 is 1. The molecule has 2 N–H and O–H groups in total. The van der Waals surface area contributed by atoms with Gasteiger partial charge in [0.1, 0.15) is 11.4 Å². The van der Waals surface area contributed by atoms with Crippen molar-refractivity contribution in [3.8, 4) is 5.75 Å². The van der Waals surface area contributed by atoms with Gasteiger partial charge < -0.3 is 13.9 Å². The molecule has 2 rings (SSSR count). The summed E-state index contributed by atoms with van der Waals surface area (Å²) in [5, 5.41) is 0.948. The number of rotatable bonds is 4. The first-order chi connectivity index (χ1) is 9.89. The van der Waals surface area contributed by atoms with Crippen LogP contribution in [-0.4, -0.2) is 18.8 Å². The summed E-state index contributed by atoms with van der Waals surface area (Å²) >= 11 is 0. The number of furan rings is 1. The number of fused-ring (bicyclic) bond motifs is 1. The van der Waals surface area contributed by atoms with Gasteiger partial charge in [-0.25, -0.2) is 10.2 Å². The van der Waals surface area contributed by atoms with E-state index in [4.69, 9.17) is 13.9 Å². The third kappa shape index (κ3) is 4.13. The Hall–Kier alpha value is -2.21. The summed E-state index contributed by atoms with van der Waals surface area (Å²) in [4.78, 5) is 11.5. The second-order valence-corrected chi connectivity index (χ2v) is 5.57. The van der Waals surface area contributed by atoms with Crippen molar-refractivity contribution in [3.05, 3.63) is 30.0 Å². The summed E-state index contributed by atoms with van der Waals surface area (Å²) in [7, 11) is 1.60. The molecule has 0 atom stereocenters. The van der Waals surface area contributed by atoms with Crippen LogP contribution >= 0.6 is 0 Å². The number of amides is 1. The molecule has 2 aromatic rings. The largest absolute Gasteiger partial charge is 0.493 e. The van der Waals surface area contributed by atoms with E-state index < -0.39 is 11.7 Å². The lowest BCUT2D eigenvalue weighted by Gasteiger charge is -2.19. The molecule has 0 spiro atoms. The molecule has 0 aliphatic heterocycles. The molecule has 114 valence electrons. The first kappa shape index (κ1) is 15.2. The van der Waals surface area contributed by atoms with Crippen LogP contribution < -0.4 is 15.6 Å². The fourth-order valence-electron chi connectivity index (χ4n) is 1.84. The highest BCUT2D eigenvalue weighted by atomic mass is 16.6. The number of benzene rings is 1. The zero-order valence-corrected chi connectivity index (χ0v) is 12.6. The predicted octanol–water partition coefficient (Wildman–Crippen LogP) is 2.97. The Morgan fingerprint density at radius 1 is 1.33 bits per heavy atom. The lowest BCUT2D eigenvalue weighted by atomic mass is 10.2. The van der Waals surface area contributed by atoms with E-state index in [9.17, 15) is 4.79 Å². The number of hydrogen-bond donors (Lipinski definition) is 2. The number of para-hydroxylation sites is 1. The fraction of sp³-hybridized carbons (Fsp3) is 0.400. The molecule has 0 fully saturated rings. The van der Waals surface area contributed by atoms with Gasteiger partial charge in [-0.1, -0.05) is 12.1 Å². The van der Waals surface area contributed by atoms with E-state index in [0.29, 0.717) is 23.6 Å². The smallest absolute Gasteiger partial charge is 0.422 e. The second-order valence-electron chi connectivity index (χ2n) is 5.57. The van der Waals surface area contributed by atoms with Crippen LogP contribution in [0.4, 0.5) is 4.79 Å². The molecule has 0 radical (unpaired) electrons. The molecule has 0 unspecified atom stereocenters. The molecule has 0 aliphatic rings. The Balaban J connectivity index is 1.94. The first-order valence-corrected chi connectivity index (χ1v) is 6.66. The summed E-state index contributed by atoms with van der Waals surface area (Å²) in [6.07, 6.45) is -0.531. The molecule has 21 heavy (non-hydrogen) atoms. The Bertz CT molecular complexity index is 628. The molecule has 0 saturated carbocycles. The van der Waals surface area contributed by atoms with Gasteiger partial charge in [0.15, 0.2) is 11.3 Å². The third-order valence-electron chi connectivity index (χ3n) is 2.63. The third-order valence-corrected chi connectivity index (χ3v) is 2.63. The Labute approximate surface area is 123 Å². The van der Waals surface area contributed by atoms with E-state index in [1.807, 2.05) is 24.3 Å². The molecule has 6 heteroatoms. The van der Waals surface area contributed by atoms with Crippen molar-refractivity contribution in [2.75, 3.05) is 7.11 Å². The number of hydrogen-bond acceptors (Lipinski definition) is 5. The first-order valence-electron chi connectivity index (χ1n) is 6.66. The van der Waals surface area contributed by atoms with Crippen LogP contribution in [-0.2, 0) is 11.3 Å². The van der Waals surface area contributed by atoms with Crippen LogP contribution in [0.3, 0.4) is 0 Å². The molecule has 0 saturated heterocycles. The van der Waals surface area contributed by atoms with Crippen LogP contribution in [0.25, 0.3) is 11.0 Å². The van der Waals surface area contributed by atoms with Crippen molar-refractivity contribution in [1.82, 2.24) is 10.9 Å². The molecule has 1 heterocycles. The zero-order chi connectivity index (χ0) is 15.5. The quantitative estimate of drug-likeness (QED) is 0.848. The van der Waals surface area contributed by atoms with Crippen LogP contribution in [0.2, 0.25) is 0 Å². The number of ether oxygens (including phenoxy) is 2. The van der Waals surface area contributed by atoms with Crippen LogP contribution in [0.15, 0.2) is 28.7 Å². The molecule has 1 aromatic heterocycles. The van der Waals surface area contributed by atoms with E-state index >= 15 is 0 Å². The standard InChI is InChI=1S/C15H20N2O4/c1-15(2,3)21-14(18)17-16-9-11-8-10-6-5-7-12(19-4)13(10)20-11/h5-8,16H,9H2,1-4H3,(H,17,18). The minimum absolute atomic E-state index is 0.344. The van der Waals surface area contributed by atoms with Crippen LogP contribution in [0, 0.1) is 0 Å². The highest BCUT2D eigenvalue weighted by Gasteiger charge is 2.15. The average molecular weight is 292 g/mol. The normalized spacial score (nSPS) is 11.4. The summed E-state index contributed by atoms with van der Waals surface area (Å²) in [5.74, 6) is 1.37. The topological polar surface area (TPSA) is 72.7 Å². The summed E-state index contributed by atoms with van der Waals surface area (Å²) in [6, 6.07) is 7.56. The van der Waals surface area contributed by atoms with Gasteiger partial charge in [-0.15, -0.1) is 0 Å². The molecule has 1 aromatic carbocycles. The van der Waals surface area contributed by atoms with E-state index in [1.54, 1.807) is 27.9 Å². The second kappa shape index (κ2) is 6.05. The van der Waals surface area contributed by atoms with E-state index in [2.05, 4.69) is 10.9 Å². The zero-order valence-electron chi connectivity index (χ0n) is 12.6. The Kier molecular flexibility index (Phi) is 4.37. The van der Waals surface area contributed by atoms with Crippen molar-refractivity contribution in [2.45, 2.75) is 32.9 Å². The summed E-state index contributed by atoms with van der Waals surface area (Å²) < 4.78 is 16.0. The van der Waals surface area contributed by atoms with Crippen molar-refractivity contribution < 1.29 is 18.7 Å². The Morgan fingerprint density at radius 3 is 2.76 bits per heavy atom. The SMILES string of the molecule is COc1cccc2cc(CNNC(=O)OC(C)(C)C)oc12. The molecule has 1 amide bonds. The number of carbonyl (C=O) groups is 1. The average Bonchev–Trinajstić information content (AvgIpc) is 2.78. The maximum absolute atomic E-state index is 11.5. The van der Waals surface area contributed by atoms with Gasteiger partial charge in [-0.2, -0.15) is 0 Å². The van der Waals surface area contributed by atoms with E-state index in [-0.39, 0.29) is 0 Å². The lowest BCUT2D eigenvalue weighted by molar-refractivity contribution is 0.0496. The maximum atomic E-state index is 11.5. The molecular weight excluding hydrogens is 272 g/mol. The molecular formula is C15H20N2O4. The van der Waals surface area contributed by atoms with Gasteiger partial charge in [0, 0.05) is 5.39 Å². The van der Waals surface area contributed by atoms with Crippen molar-refractivity contribution in [1.29, 1.82) is 0 Å². The van der Waals surface area contributed by atoms with Crippen molar-refractivity contribution in [3.63, 3.8) is 0 Å². The molecule has 6 nitrogen and oxygen atoms in total. The van der Waals surface area contributed by atoms with Gasteiger partial charge in [0.25, 0.3) is 0 Å². The van der Waals surface area contributed by atoms with Gasteiger partial charge in [0.2, 0.25) is 0 Å². The Morgan fingerprint density at radius 2 is 2.10 bits per heavy atom. The fourth-order valence-corrected chi connectivity index (χ4v) is 1.84. The van der Waals surface area contributed by atoms with Crippen molar-refractivity contribution >= 4 is 17.1 Å². The maximum Gasteiger partial charge on any atom is 0.422 e. The predicted molar refractivity (Wildman–Crippen MR) is 79.0 cm³/mol. The van der Waals surface area contributed by atoms with E-state index in [1.165, 1.54) is 0 Å². The monoisotopic (exact) mass is 292 g/mol. The van der Waals surface area contributed by atoms with Crippen LogP contribution in [0.5, 0.6) is 5.75 Å². The summed E-state index contributed by atoms with van der Waals surface area (Å²) in [6.45, 7) is 5.76. The highest BCUT2D eigenvalue weighted by Crippen LogP contribution is 2.28. The van der Waals surface area contributed by atoms with E-state index in [0.717, 1.165) is 5.39 Å². The summed E-state index contributed by atoms with van der Waals surface area (Å²) in [5.41, 5.74) is 5.38. The highest BCUT2D eigenvalue weighted by molar-refractivity contribution is 5.83. The lowest BCUT2D eigenvalue weighted by Crippen LogP contribution is -2.40. The number of nitrogens with one attached hydrogen (secondary N) is 2. The van der Waals surface area contributed by atoms with Gasteiger partial charge >= 0.3 is 6.09 Å². The van der Waals surface area contributed by atoms with Crippen LogP contribution in [0.1, 0.15) is 26.5 Å². The molecule has 0 aliphatic carbocycles. The minimum Gasteiger partial charge on any atom is -0.493 e. The number of hydrazine groups is 1. The minimum atomic E-state index is -0.531. The number of carbonyl (C=O) groups excluding carboxylic acids is 1. The van der Waals surface area contributed by atoms with Gasteiger partial charge in [-0.05, 0) is 32.9 Å². The van der Waals surface area contributed by atoms with Gasteiger partial charge in [-0.3, -0.25) is 5.43 Å².